The first-order valence-electron chi connectivity index (χ1n) is 6.32. The summed E-state index contributed by atoms with van der Waals surface area (Å²) in [5, 5.41) is 3.34. The average molecular weight is 220 g/mol. The Morgan fingerprint density at radius 3 is 2.50 bits per heavy atom. The molecule has 90 valence electrons. The molecule has 16 heavy (non-hydrogen) atoms. The highest BCUT2D eigenvalue weighted by Gasteiger charge is 2.20. The van der Waals surface area contributed by atoms with Crippen molar-refractivity contribution in [1.29, 1.82) is 0 Å². The molecule has 0 amide bonds. The molecular weight excluding hydrogens is 196 g/mol. The quantitative estimate of drug-likeness (QED) is 0.842. The molecule has 2 nitrogen and oxygen atoms in total. The van der Waals surface area contributed by atoms with Gasteiger partial charge in [-0.15, -0.1) is 0 Å². The SMILES string of the molecule is CC.CNC1CCN(Cc2ccccc2)C1. The zero-order valence-corrected chi connectivity index (χ0v) is 10.7. The Labute approximate surface area is 99.7 Å². The fourth-order valence-corrected chi connectivity index (χ4v) is 2.05. The van der Waals surface area contributed by atoms with E-state index in [0.717, 1.165) is 6.54 Å². The highest BCUT2D eigenvalue weighted by molar-refractivity contribution is 5.14. The van der Waals surface area contributed by atoms with E-state index in [0.29, 0.717) is 6.04 Å². The lowest BCUT2D eigenvalue weighted by Gasteiger charge is -2.15. The van der Waals surface area contributed by atoms with Crippen molar-refractivity contribution in [3.63, 3.8) is 0 Å². The van der Waals surface area contributed by atoms with Crippen LogP contribution in [0.4, 0.5) is 0 Å². The zero-order valence-electron chi connectivity index (χ0n) is 10.7. The van der Waals surface area contributed by atoms with Gasteiger partial charge in [0.05, 0.1) is 0 Å². The van der Waals surface area contributed by atoms with Crippen LogP contribution >= 0.6 is 0 Å². The van der Waals surface area contributed by atoms with Gasteiger partial charge < -0.3 is 5.32 Å². The lowest BCUT2D eigenvalue weighted by molar-refractivity contribution is 0.322. The van der Waals surface area contributed by atoms with Crippen molar-refractivity contribution in [3.8, 4) is 0 Å². The predicted molar refractivity (Wildman–Crippen MR) is 70.5 cm³/mol. The van der Waals surface area contributed by atoms with E-state index >= 15 is 0 Å². The van der Waals surface area contributed by atoms with E-state index in [1.165, 1.54) is 25.1 Å². The Hall–Kier alpha value is -0.860. The molecule has 0 saturated carbocycles. The summed E-state index contributed by atoms with van der Waals surface area (Å²) in [6, 6.07) is 11.4. The summed E-state index contributed by atoms with van der Waals surface area (Å²) in [5.74, 6) is 0. The van der Waals surface area contributed by atoms with E-state index < -0.39 is 0 Å². The number of hydrogen-bond acceptors (Lipinski definition) is 2. The second-order valence-corrected chi connectivity index (χ2v) is 3.99. The van der Waals surface area contributed by atoms with Crippen molar-refractivity contribution < 1.29 is 0 Å². The van der Waals surface area contributed by atoms with Crippen LogP contribution < -0.4 is 5.32 Å². The van der Waals surface area contributed by atoms with E-state index in [9.17, 15) is 0 Å². The number of benzene rings is 1. The van der Waals surface area contributed by atoms with E-state index in [4.69, 9.17) is 0 Å². The largest absolute Gasteiger partial charge is 0.316 e. The van der Waals surface area contributed by atoms with Gasteiger partial charge in [-0.1, -0.05) is 44.2 Å². The molecule has 1 heterocycles. The number of hydrogen-bond donors (Lipinski definition) is 1. The van der Waals surface area contributed by atoms with E-state index in [1.807, 2.05) is 13.8 Å². The monoisotopic (exact) mass is 220 g/mol. The van der Waals surface area contributed by atoms with Crippen LogP contribution in [0.5, 0.6) is 0 Å². The fourth-order valence-electron chi connectivity index (χ4n) is 2.05. The molecule has 0 aromatic heterocycles. The predicted octanol–water partition coefficient (Wildman–Crippen LogP) is 2.51. The van der Waals surface area contributed by atoms with Crippen molar-refractivity contribution in [1.82, 2.24) is 10.2 Å². The second-order valence-electron chi connectivity index (χ2n) is 3.99. The summed E-state index contributed by atoms with van der Waals surface area (Å²) >= 11 is 0. The Balaban J connectivity index is 0.000000606. The average Bonchev–Trinajstić information content (AvgIpc) is 2.81. The number of rotatable bonds is 3. The van der Waals surface area contributed by atoms with Crippen LogP contribution in [0, 0.1) is 0 Å². The molecule has 1 aliphatic rings. The minimum atomic E-state index is 0.693. The standard InChI is InChI=1S/C12H18N2.C2H6/c1-13-12-7-8-14(10-12)9-11-5-3-2-4-6-11;1-2/h2-6,12-13H,7-10H2,1H3;1-2H3. The Morgan fingerprint density at radius 2 is 1.94 bits per heavy atom. The van der Waals surface area contributed by atoms with Crippen molar-refractivity contribution in [3.05, 3.63) is 35.9 Å². The third kappa shape index (κ3) is 3.95. The van der Waals surface area contributed by atoms with Gasteiger partial charge in [0.25, 0.3) is 0 Å². The van der Waals surface area contributed by atoms with Gasteiger partial charge in [-0.2, -0.15) is 0 Å². The molecule has 1 aliphatic heterocycles. The number of nitrogens with one attached hydrogen (secondary N) is 1. The number of likely N-dealkylation sites (tertiary alicyclic amines) is 1. The van der Waals surface area contributed by atoms with Crippen LogP contribution in [-0.4, -0.2) is 31.1 Å². The normalized spacial score (nSPS) is 20.3. The molecule has 1 N–H and O–H groups in total. The van der Waals surface area contributed by atoms with Gasteiger partial charge in [0, 0.05) is 25.7 Å². The van der Waals surface area contributed by atoms with Gasteiger partial charge in [-0.3, -0.25) is 4.90 Å². The Bertz CT molecular complexity index is 271. The highest BCUT2D eigenvalue weighted by Crippen LogP contribution is 2.12. The van der Waals surface area contributed by atoms with E-state index in [1.54, 1.807) is 0 Å². The first-order chi connectivity index (χ1) is 7.88. The molecule has 0 radical (unpaired) electrons. The Morgan fingerprint density at radius 1 is 1.25 bits per heavy atom. The molecule has 2 rings (SSSR count). The van der Waals surface area contributed by atoms with E-state index in [-0.39, 0.29) is 0 Å². The van der Waals surface area contributed by atoms with Crippen molar-refractivity contribution in [2.24, 2.45) is 0 Å². The van der Waals surface area contributed by atoms with Crippen LogP contribution in [0.25, 0.3) is 0 Å². The molecule has 1 atom stereocenters. The van der Waals surface area contributed by atoms with Crippen molar-refractivity contribution in [2.45, 2.75) is 32.9 Å². The smallest absolute Gasteiger partial charge is 0.0234 e. The molecule has 0 bridgehead atoms. The maximum absolute atomic E-state index is 3.34. The molecule has 1 fully saturated rings. The summed E-state index contributed by atoms with van der Waals surface area (Å²) in [5.41, 5.74) is 1.42. The highest BCUT2D eigenvalue weighted by atomic mass is 15.2. The maximum Gasteiger partial charge on any atom is 0.0234 e. The van der Waals surface area contributed by atoms with Crippen molar-refractivity contribution >= 4 is 0 Å². The minimum absolute atomic E-state index is 0.693. The van der Waals surface area contributed by atoms with E-state index in [2.05, 4.69) is 47.6 Å². The van der Waals surface area contributed by atoms with Crippen LogP contribution in [-0.2, 0) is 6.54 Å². The maximum atomic E-state index is 3.34. The molecule has 2 heteroatoms. The van der Waals surface area contributed by atoms with Crippen LogP contribution in [0.15, 0.2) is 30.3 Å². The third-order valence-electron chi connectivity index (χ3n) is 2.93. The fraction of sp³-hybridized carbons (Fsp3) is 0.571. The number of nitrogens with zero attached hydrogens (tertiary/aromatic N) is 1. The van der Waals surface area contributed by atoms with Crippen LogP contribution in [0.2, 0.25) is 0 Å². The van der Waals surface area contributed by atoms with Gasteiger partial charge in [-0.05, 0) is 19.0 Å². The molecule has 1 saturated heterocycles. The summed E-state index contributed by atoms with van der Waals surface area (Å²) in [4.78, 5) is 2.51. The lowest BCUT2D eigenvalue weighted by Crippen LogP contribution is -2.29. The molecule has 1 aromatic carbocycles. The van der Waals surface area contributed by atoms with Crippen LogP contribution in [0.1, 0.15) is 25.8 Å². The first-order valence-corrected chi connectivity index (χ1v) is 6.32. The topological polar surface area (TPSA) is 15.3 Å². The van der Waals surface area contributed by atoms with Gasteiger partial charge in [0.1, 0.15) is 0 Å². The minimum Gasteiger partial charge on any atom is -0.316 e. The lowest BCUT2D eigenvalue weighted by atomic mass is 10.2. The summed E-state index contributed by atoms with van der Waals surface area (Å²) in [6.07, 6.45) is 1.28. The van der Waals surface area contributed by atoms with Gasteiger partial charge in [0.15, 0.2) is 0 Å². The van der Waals surface area contributed by atoms with Crippen molar-refractivity contribution in [2.75, 3.05) is 20.1 Å². The zero-order chi connectivity index (χ0) is 11.8. The Kier molecular flexibility index (Phi) is 6.12. The summed E-state index contributed by atoms with van der Waals surface area (Å²) in [6.45, 7) is 7.50. The molecule has 1 unspecified atom stereocenters. The van der Waals surface area contributed by atoms with Crippen LogP contribution in [0.3, 0.4) is 0 Å². The van der Waals surface area contributed by atoms with Gasteiger partial charge in [-0.25, -0.2) is 0 Å². The summed E-state index contributed by atoms with van der Waals surface area (Å²) in [7, 11) is 2.05. The third-order valence-corrected chi connectivity index (χ3v) is 2.93. The number of likely N-dealkylation sites (N-methyl/N-ethyl adjacent to an activating group) is 1. The second kappa shape index (κ2) is 7.42. The summed E-state index contributed by atoms with van der Waals surface area (Å²) < 4.78 is 0. The molecule has 1 aromatic rings. The molecule has 0 aliphatic carbocycles. The molecular formula is C14H24N2. The van der Waals surface area contributed by atoms with Gasteiger partial charge in [0.2, 0.25) is 0 Å². The first kappa shape index (κ1) is 13.2. The van der Waals surface area contributed by atoms with Gasteiger partial charge >= 0.3 is 0 Å². The molecule has 0 spiro atoms.